The first-order valence-corrected chi connectivity index (χ1v) is 6.75. The fourth-order valence-corrected chi connectivity index (χ4v) is 2.02. The van der Waals surface area contributed by atoms with Crippen molar-refractivity contribution >= 4 is 28.4 Å². The van der Waals surface area contributed by atoms with Gasteiger partial charge in [0.05, 0.1) is 22.7 Å². The molecular weight excluding hydrogens is 260 g/mol. The highest BCUT2D eigenvalue weighted by molar-refractivity contribution is 6.35. The van der Waals surface area contributed by atoms with E-state index in [9.17, 15) is 4.79 Å². The number of benzene rings is 1. The summed E-state index contributed by atoms with van der Waals surface area (Å²) in [7, 11) is 0. The Balaban J connectivity index is 2.13. The summed E-state index contributed by atoms with van der Waals surface area (Å²) in [5.41, 5.74) is 1.49. The van der Waals surface area contributed by atoms with E-state index in [1.165, 1.54) is 0 Å². The quantitative estimate of drug-likeness (QED) is 0.932. The van der Waals surface area contributed by atoms with Gasteiger partial charge < -0.3 is 5.32 Å². The highest BCUT2D eigenvalue weighted by Crippen LogP contribution is 2.21. The molecule has 0 radical (unpaired) electrons. The lowest BCUT2D eigenvalue weighted by Crippen LogP contribution is -2.28. The molecule has 100 valence electrons. The van der Waals surface area contributed by atoms with Gasteiger partial charge in [-0.05, 0) is 18.1 Å². The molecule has 0 aliphatic heterocycles. The van der Waals surface area contributed by atoms with Crippen molar-refractivity contribution < 1.29 is 4.79 Å². The predicted octanol–water partition coefficient (Wildman–Crippen LogP) is 3.20. The van der Waals surface area contributed by atoms with Crippen LogP contribution in [0, 0.1) is 5.92 Å². The van der Waals surface area contributed by atoms with Gasteiger partial charge in [-0.15, -0.1) is 0 Å². The highest BCUT2D eigenvalue weighted by atomic mass is 35.5. The van der Waals surface area contributed by atoms with Crippen LogP contribution in [0.4, 0.5) is 0 Å². The zero-order chi connectivity index (χ0) is 13.8. The fraction of sp³-hybridized carbons (Fsp3) is 0.333. The zero-order valence-corrected chi connectivity index (χ0v) is 11.9. The number of carbonyl (C=O) groups is 1. The summed E-state index contributed by atoms with van der Waals surface area (Å²) in [4.78, 5) is 16.2. The molecule has 19 heavy (non-hydrogen) atoms. The normalized spacial score (nSPS) is 10.9. The van der Waals surface area contributed by atoms with Crippen molar-refractivity contribution in [2.24, 2.45) is 5.92 Å². The summed E-state index contributed by atoms with van der Waals surface area (Å²) in [6.07, 6.45) is 0.286. The number of fused-ring (bicyclic) bond motifs is 1. The Morgan fingerprint density at radius 3 is 2.84 bits per heavy atom. The van der Waals surface area contributed by atoms with Gasteiger partial charge in [-0.25, -0.2) is 0 Å². The second kappa shape index (κ2) is 6.02. The number of rotatable bonds is 4. The standard InChI is InChI=1S/C15H17ClN2O/c1-10(2)9-17-14(19)8-12-7-6-11-4-3-5-13(16)15(11)18-12/h3-7,10H,8-9H2,1-2H3,(H,17,19). The summed E-state index contributed by atoms with van der Waals surface area (Å²) >= 11 is 6.11. The molecule has 1 aromatic carbocycles. The molecule has 0 spiro atoms. The lowest BCUT2D eigenvalue weighted by molar-refractivity contribution is -0.120. The molecule has 0 aliphatic carbocycles. The van der Waals surface area contributed by atoms with Gasteiger partial charge in [0.15, 0.2) is 0 Å². The molecule has 4 heteroatoms. The van der Waals surface area contributed by atoms with Gasteiger partial charge in [0.2, 0.25) is 5.91 Å². The third-order valence-electron chi connectivity index (χ3n) is 2.78. The number of hydrogen-bond donors (Lipinski definition) is 1. The summed E-state index contributed by atoms with van der Waals surface area (Å²) in [6, 6.07) is 9.46. The molecule has 0 aliphatic rings. The number of para-hydroxylation sites is 1. The number of nitrogens with one attached hydrogen (secondary N) is 1. The third-order valence-corrected chi connectivity index (χ3v) is 3.08. The van der Waals surface area contributed by atoms with Crippen LogP contribution in [0.5, 0.6) is 0 Å². The summed E-state index contributed by atoms with van der Waals surface area (Å²) in [6.45, 7) is 4.82. The molecule has 0 atom stereocenters. The first kappa shape index (κ1) is 13.8. The van der Waals surface area contributed by atoms with Crippen molar-refractivity contribution in [1.82, 2.24) is 10.3 Å². The largest absolute Gasteiger partial charge is 0.356 e. The molecule has 3 nitrogen and oxygen atoms in total. The van der Waals surface area contributed by atoms with Crippen molar-refractivity contribution in [2.75, 3.05) is 6.54 Å². The Bertz CT molecular complexity index is 596. The Kier molecular flexibility index (Phi) is 4.38. The topological polar surface area (TPSA) is 42.0 Å². The number of halogens is 1. The van der Waals surface area contributed by atoms with Crippen LogP contribution in [0.3, 0.4) is 0 Å². The maximum atomic E-state index is 11.8. The van der Waals surface area contributed by atoms with E-state index in [1.54, 1.807) is 6.07 Å². The van der Waals surface area contributed by atoms with Crippen LogP contribution < -0.4 is 5.32 Å². The maximum Gasteiger partial charge on any atom is 0.226 e. The Hall–Kier alpha value is -1.61. The van der Waals surface area contributed by atoms with E-state index >= 15 is 0 Å². The Labute approximate surface area is 118 Å². The summed E-state index contributed by atoms with van der Waals surface area (Å²) < 4.78 is 0. The molecule has 2 aromatic rings. The van der Waals surface area contributed by atoms with E-state index in [0.29, 0.717) is 17.5 Å². The molecule has 0 bridgehead atoms. The molecule has 0 saturated heterocycles. The second-order valence-electron chi connectivity index (χ2n) is 4.99. The summed E-state index contributed by atoms with van der Waals surface area (Å²) in [5, 5.41) is 4.48. The van der Waals surface area contributed by atoms with Gasteiger partial charge in [-0.3, -0.25) is 9.78 Å². The molecule has 1 amide bonds. The molecule has 2 rings (SSSR count). The van der Waals surface area contributed by atoms with Gasteiger partial charge in [0.25, 0.3) is 0 Å². The minimum atomic E-state index is -0.00685. The summed E-state index contributed by atoms with van der Waals surface area (Å²) in [5.74, 6) is 0.440. The molecule has 1 heterocycles. The average molecular weight is 277 g/mol. The second-order valence-corrected chi connectivity index (χ2v) is 5.40. The van der Waals surface area contributed by atoms with E-state index in [2.05, 4.69) is 24.1 Å². The van der Waals surface area contributed by atoms with Crippen LogP contribution in [0.2, 0.25) is 5.02 Å². The monoisotopic (exact) mass is 276 g/mol. The molecule has 0 saturated carbocycles. The Morgan fingerprint density at radius 1 is 1.32 bits per heavy atom. The Morgan fingerprint density at radius 2 is 2.11 bits per heavy atom. The number of carbonyl (C=O) groups excluding carboxylic acids is 1. The van der Waals surface area contributed by atoms with Gasteiger partial charge in [0.1, 0.15) is 0 Å². The highest BCUT2D eigenvalue weighted by Gasteiger charge is 2.07. The SMILES string of the molecule is CC(C)CNC(=O)Cc1ccc2cccc(Cl)c2n1. The van der Waals surface area contributed by atoms with Crippen molar-refractivity contribution in [2.45, 2.75) is 20.3 Å². The van der Waals surface area contributed by atoms with Crippen LogP contribution in [-0.4, -0.2) is 17.4 Å². The predicted molar refractivity (Wildman–Crippen MR) is 78.3 cm³/mol. The fourth-order valence-electron chi connectivity index (χ4n) is 1.79. The van der Waals surface area contributed by atoms with Crippen LogP contribution in [0.1, 0.15) is 19.5 Å². The first-order chi connectivity index (χ1) is 9.06. The van der Waals surface area contributed by atoms with Crippen LogP contribution >= 0.6 is 11.6 Å². The number of hydrogen-bond acceptors (Lipinski definition) is 2. The number of nitrogens with zero attached hydrogens (tertiary/aromatic N) is 1. The van der Waals surface area contributed by atoms with Crippen LogP contribution in [0.25, 0.3) is 10.9 Å². The molecule has 1 N–H and O–H groups in total. The van der Waals surface area contributed by atoms with Crippen molar-refractivity contribution in [3.63, 3.8) is 0 Å². The van der Waals surface area contributed by atoms with Gasteiger partial charge in [-0.2, -0.15) is 0 Å². The van der Waals surface area contributed by atoms with Gasteiger partial charge >= 0.3 is 0 Å². The van der Waals surface area contributed by atoms with E-state index in [0.717, 1.165) is 16.6 Å². The van der Waals surface area contributed by atoms with Crippen molar-refractivity contribution in [3.8, 4) is 0 Å². The zero-order valence-electron chi connectivity index (χ0n) is 11.1. The van der Waals surface area contributed by atoms with E-state index in [1.807, 2.05) is 24.3 Å². The van der Waals surface area contributed by atoms with Crippen molar-refractivity contribution in [3.05, 3.63) is 41.0 Å². The average Bonchev–Trinajstić information content (AvgIpc) is 2.37. The third kappa shape index (κ3) is 3.67. The minimum Gasteiger partial charge on any atom is -0.356 e. The number of aromatic nitrogens is 1. The molecule has 0 fully saturated rings. The van der Waals surface area contributed by atoms with Crippen molar-refractivity contribution in [1.29, 1.82) is 0 Å². The van der Waals surface area contributed by atoms with E-state index in [4.69, 9.17) is 11.6 Å². The van der Waals surface area contributed by atoms with E-state index < -0.39 is 0 Å². The smallest absolute Gasteiger partial charge is 0.226 e. The lowest BCUT2D eigenvalue weighted by atomic mass is 10.1. The lowest BCUT2D eigenvalue weighted by Gasteiger charge is -2.08. The molecular formula is C15H17ClN2O. The maximum absolute atomic E-state index is 11.8. The van der Waals surface area contributed by atoms with Crippen LogP contribution in [-0.2, 0) is 11.2 Å². The van der Waals surface area contributed by atoms with Crippen LogP contribution in [0.15, 0.2) is 30.3 Å². The van der Waals surface area contributed by atoms with Gasteiger partial charge in [-0.1, -0.05) is 43.6 Å². The molecule has 1 aromatic heterocycles. The van der Waals surface area contributed by atoms with E-state index in [-0.39, 0.29) is 12.3 Å². The first-order valence-electron chi connectivity index (χ1n) is 6.37. The number of pyridine rings is 1. The minimum absolute atomic E-state index is 0.00685. The molecule has 0 unspecified atom stereocenters. The van der Waals surface area contributed by atoms with Gasteiger partial charge in [0, 0.05) is 11.9 Å². The number of amides is 1.